The van der Waals surface area contributed by atoms with Crippen LogP contribution in [0.1, 0.15) is 26.7 Å². The summed E-state index contributed by atoms with van der Waals surface area (Å²) < 4.78 is 0. The van der Waals surface area contributed by atoms with E-state index in [2.05, 4.69) is 58.6 Å². The van der Waals surface area contributed by atoms with Crippen molar-refractivity contribution >= 4 is 11.6 Å². The number of piperidine rings is 1. The van der Waals surface area contributed by atoms with Crippen LogP contribution in [0.5, 0.6) is 0 Å². The minimum Gasteiger partial charge on any atom is -0.385 e. The Labute approximate surface area is 135 Å². The Balaban J connectivity index is 1.68. The molecule has 0 amide bonds. The van der Waals surface area contributed by atoms with E-state index < -0.39 is 0 Å². The number of hydrogen-bond donors (Lipinski definition) is 2. The number of rotatable bonds is 5. The second-order valence-corrected chi connectivity index (χ2v) is 6.47. The van der Waals surface area contributed by atoms with Crippen LogP contribution in [0.2, 0.25) is 0 Å². The predicted octanol–water partition coefficient (Wildman–Crippen LogP) is 3.04. The molecular weight excluding hydrogens is 272 g/mol. The molecule has 0 bridgehead atoms. The lowest BCUT2D eigenvalue weighted by atomic mass is 9.92. The van der Waals surface area contributed by atoms with E-state index in [9.17, 15) is 0 Å². The Kier molecular flexibility index (Phi) is 6.56. The molecule has 1 aliphatic heterocycles. The van der Waals surface area contributed by atoms with E-state index in [1.807, 2.05) is 13.1 Å². The third kappa shape index (κ3) is 5.24. The maximum absolute atomic E-state index is 4.45. The number of likely N-dealkylation sites (tertiary alicyclic amines) is 1. The molecule has 1 aromatic rings. The van der Waals surface area contributed by atoms with Gasteiger partial charge in [-0.2, -0.15) is 0 Å². The van der Waals surface area contributed by atoms with E-state index in [1.165, 1.54) is 12.1 Å². The molecule has 1 aliphatic rings. The van der Waals surface area contributed by atoms with Gasteiger partial charge in [0.2, 0.25) is 0 Å². The molecule has 1 saturated heterocycles. The fourth-order valence-electron chi connectivity index (χ4n) is 3.25. The topological polar surface area (TPSA) is 39.7 Å². The summed E-state index contributed by atoms with van der Waals surface area (Å²) in [5.74, 6) is 2.56. The van der Waals surface area contributed by atoms with Crippen LogP contribution in [-0.4, -0.2) is 44.1 Å². The number of guanidine groups is 1. The highest BCUT2D eigenvalue weighted by molar-refractivity contribution is 5.80. The first-order valence-electron chi connectivity index (χ1n) is 8.43. The van der Waals surface area contributed by atoms with Crippen molar-refractivity contribution in [3.05, 3.63) is 30.3 Å². The first kappa shape index (κ1) is 16.7. The summed E-state index contributed by atoms with van der Waals surface area (Å²) in [7, 11) is 1.88. The van der Waals surface area contributed by atoms with Crippen LogP contribution in [0.4, 0.5) is 5.69 Å². The number of anilines is 1. The van der Waals surface area contributed by atoms with Crippen molar-refractivity contribution in [2.24, 2.45) is 16.8 Å². The number of nitrogens with one attached hydrogen (secondary N) is 2. The number of benzene rings is 1. The zero-order valence-electron chi connectivity index (χ0n) is 14.2. The molecule has 0 aromatic heterocycles. The van der Waals surface area contributed by atoms with Crippen LogP contribution >= 0.6 is 0 Å². The lowest BCUT2D eigenvalue weighted by Gasteiger charge is -2.37. The first-order valence-corrected chi connectivity index (χ1v) is 8.43. The third-order valence-electron chi connectivity index (χ3n) is 4.12. The average Bonchev–Trinajstić information content (AvgIpc) is 2.51. The molecule has 1 heterocycles. The molecule has 1 aromatic carbocycles. The second-order valence-electron chi connectivity index (χ2n) is 6.47. The van der Waals surface area contributed by atoms with Gasteiger partial charge in [0.05, 0.1) is 0 Å². The van der Waals surface area contributed by atoms with Gasteiger partial charge in [-0.25, -0.2) is 0 Å². The van der Waals surface area contributed by atoms with Crippen molar-refractivity contribution < 1.29 is 0 Å². The van der Waals surface area contributed by atoms with Crippen molar-refractivity contribution in [3.8, 4) is 0 Å². The van der Waals surface area contributed by atoms with Crippen LogP contribution in [0.25, 0.3) is 0 Å². The van der Waals surface area contributed by atoms with Crippen LogP contribution in [0.15, 0.2) is 35.3 Å². The fourth-order valence-corrected chi connectivity index (χ4v) is 3.25. The summed E-state index contributed by atoms with van der Waals surface area (Å²) in [5.41, 5.74) is 1.19. The lowest BCUT2D eigenvalue weighted by molar-refractivity contribution is 0.208. The monoisotopic (exact) mass is 302 g/mol. The molecule has 0 aliphatic carbocycles. The van der Waals surface area contributed by atoms with E-state index in [4.69, 9.17) is 0 Å². The van der Waals surface area contributed by atoms with E-state index in [0.717, 1.165) is 50.4 Å². The second kappa shape index (κ2) is 8.66. The van der Waals surface area contributed by atoms with Crippen molar-refractivity contribution in [3.63, 3.8) is 0 Å². The maximum Gasteiger partial charge on any atom is 0.193 e. The highest BCUT2D eigenvalue weighted by Gasteiger charge is 2.23. The molecule has 2 atom stereocenters. The van der Waals surface area contributed by atoms with Gasteiger partial charge in [-0.1, -0.05) is 32.0 Å². The van der Waals surface area contributed by atoms with Gasteiger partial charge in [-0.05, 0) is 36.8 Å². The largest absolute Gasteiger partial charge is 0.385 e. The molecule has 4 nitrogen and oxygen atoms in total. The minimum absolute atomic E-state index is 0.752. The normalized spacial score (nSPS) is 22.5. The van der Waals surface area contributed by atoms with E-state index in [-0.39, 0.29) is 0 Å². The molecule has 122 valence electrons. The highest BCUT2D eigenvalue weighted by Crippen LogP contribution is 2.20. The van der Waals surface area contributed by atoms with E-state index in [1.54, 1.807) is 0 Å². The molecule has 0 radical (unpaired) electrons. The van der Waals surface area contributed by atoms with Gasteiger partial charge in [0.15, 0.2) is 5.96 Å². The quantitative estimate of drug-likeness (QED) is 0.499. The number of nitrogens with zero attached hydrogens (tertiary/aromatic N) is 2. The van der Waals surface area contributed by atoms with Crippen LogP contribution in [0, 0.1) is 11.8 Å². The van der Waals surface area contributed by atoms with Crippen LogP contribution < -0.4 is 10.6 Å². The minimum atomic E-state index is 0.752. The van der Waals surface area contributed by atoms with Crippen molar-refractivity contribution in [1.29, 1.82) is 0 Å². The van der Waals surface area contributed by atoms with Gasteiger partial charge in [-0.15, -0.1) is 0 Å². The van der Waals surface area contributed by atoms with Gasteiger partial charge < -0.3 is 15.5 Å². The number of para-hydroxylation sites is 1. The molecule has 0 saturated carbocycles. The standard InChI is InChI=1S/C18H30N4/c1-15-12-16(2)14-22(13-15)18(19-3)21-11-7-10-20-17-8-5-4-6-9-17/h4-6,8-9,15-16,20H,7,10-14H2,1-3H3,(H,19,21). The zero-order valence-corrected chi connectivity index (χ0v) is 14.2. The third-order valence-corrected chi connectivity index (χ3v) is 4.12. The molecule has 4 heteroatoms. The van der Waals surface area contributed by atoms with Gasteiger partial charge in [0, 0.05) is 38.9 Å². The molecular formula is C18H30N4. The summed E-state index contributed by atoms with van der Waals surface area (Å²) in [6.45, 7) is 8.82. The molecule has 2 N–H and O–H groups in total. The van der Waals surface area contributed by atoms with Crippen molar-refractivity contribution in [1.82, 2.24) is 10.2 Å². The summed E-state index contributed by atoms with van der Waals surface area (Å²) in [5, 5.41) is 6.94. The van der Waals surface area contributed by atoms with Crippen molar-refractivity contribution in [2.75, 3.05) is 38.5 Å². The predicted molar refractivity (Wildman–Crippen MR) is 95.4 cm³/mol. The summed E-state index contributed by atoms with van der Waals surface area (Å²) in [6.07, 6.45) is 2.40. The lowest BCUT2D eigenvalue weighted by Crippen LogP contribution is -2.48. The number of aliphatic imine (C=N–C) groups is 1. The Hall–Kier alpha value is -1.71. The van der Waals surface area contributed by atoms with Crippen molar-refractivity contribution in [2.45, 2.75) is 26.7 Å². The fraction of sp³-hybridized carbons (Fsp3) is 0.611. The molecule has 2 unspecified atom stereocenters. The first-order chi connectivity index (χ1) is 10.7. The SMILES string of the molecule is CN=C(NCCCNc1ccccc1)N1CC(C)CC(C)C1. The maximum atomic E-state index is 4.45. The van der Waals surface area contributed by atoms with Gasteiger partial charge >= 0.3 is 0 Å². The molecule has 22 heavy (non-hydrogen) atoms. The number of hydrogen-bond acceptors (Lipinski definition) is 2. The summed E-state index contributed by atoms with van der Waals surface area (Å²) in [6, 6.07) is 10.4. The zero-order chi connectivity index (χ0) is 15.8. The van der Waals surface area contributed by atoms with Gasteiger partial charge in [-0.3, -0.25) is 4.99 Å². The summed E-state index contributed by atoms with van der Waals surface area (Å²) in [4.78, 5) is 6.85. The smallest absolute Gasteiger partial charge is 0.193 e. The van der Waals surface area contributed by atoms with Crippen LogP contribution in [-0.2, 0) is 0 Å². The molecule has 2 rings (SSSR count). The molecule has 0 spiro atoms. The Bertz CT molecular complexity index is 447. The van der Waals surface area contributed by atoms with E-state index in [0.29, 0.717) is 0 Å². The van der Waals surface area contributed by atoms with E-state index >= 15 is 0 Å². The highest BCUT2D eigenvalue weighted by atomic mass is 15.3. The Morgan fingerprint density at radius 2 is 1.82 bits per heavy atom. The van der Waals surface area contributed by atoms with Gasteiger partial charge in [0.1, 0.15) is 0 Å². The summed E-state index contributed by atoms with van der Waals surface area (Å²) >= 11 is 0. The van der Waals surface area contributed by atoms with Gasteiger partial charge in [0.25, 0.3) is 0 Å². The Morgan fingerprint density at radius 3 is 2.45 bits per heavy atom. The Morgan fingerprint density at radius 1 is 1.14 bits per heavy atom. The molecule has 1 fully saturated rings. The van der Waals surface area contributed by atoms with Crippen LogP contribution in [0.3, 0.4) is 0 Å². The average molecular weight is 302 g/mol.